The predicted octanol–water partition coefficient (Wildman–Crippen LogP) is 2.01. The van der Waals surface area contributed by atoms with Crippen LogP contribution in [0.3, 0.4) is 0 Å². The van der Waals surface area contributed by atoms with Gasteiger partial charge in [-0.1, -0.05) is 6.07 Å². The number of sulfonamides is 1. The third kappa shape index (κ3) is 4.20. The zero-order valence-electron chi connectivity index (χ0n) is 13.4. The molecule has 25 heavy (non-hydrogen) atoms. The largest absolute Gasteiger partial charge is 0.494 e. The van der Waals surface area contributed by atoms with Gasteiger partial charge < -0.3 is 9.15 Å². The van der Waals surface area contributed by atoms with E-state index in [9.17, 15) is 8.42 Å². The molecule has 0 radical (unpaired) electrons. The van der Waals surface area contributed by atoms with E-state index in [0.717, 1.165) is 0 Å². The highest BCUT2D eigenvalue weighted by Gasteiger charge is 2.16. The summed E-state index contributed by atoms with van der Waals surface area (Å²) in [5, 5.41) is 7.69. The molecule has 1 aromatic carbocycles. The van der Waals surface area contributed by atoms with Gasteiger partial charge in [-0.25, -0.2) is 13.1 Å². The van der Waals surface area contributed by atoms with Crippen molar-refractivity contribution in [3.63, 3.8) is 0 Å². The van der Waals surface area contributed by atoms with Crippen LogP contribution >= 0.6 is 0 Å². The lowest BCUT2D eigenvalue weighted by atomic mass is 10.3. The molecule has 0 amide bonds. The van der Waals surface area contributed by atoms with Crippen LogP contribution < -0.4 is 9.46 Å². The average Bonchev–Trinajstić information content (AvgIpc) is 3.11. The molecule has 0 bridgehead atoms. The van der Waals surface area contributed by atoms with Crippen LogP contribution in [0.25, 0.3) is 11.6 Å². The fraction of sp³-hybridized carbons (Fsp3) is 0.188. The zero-order chi connectivity index (χ0) is 17.7. The van der Waals surface area contributed by atoms with Gasteiger partial charge in [0.15, 0.2) is 0 Å². The van der Waals surface area contributed by atoms with Gasteiger partial charge in [-0.05, 0) is 43.3 Å². The first-order chi connectivity index (χ1) is 12.1. The number of rotatable bonds is 7. The summed E-state index contributed by atoms with van der Waals surface area (Å²) >= 11 is 0. The van der Waals surface area contributed by atoms with Crippen molar-refractivity contribution in [2.75, 3.05) is 6.61 Å². The van der Waals surface area contributed by atoms with Crippen LogP contribution in [0.1, 0.15) is 12.8 Å². The second kappa shape index (κ2) is 7.41. The molecule has 0 saturated carbocycles. The molecule has 0 spiro atoms. The lowest BCUT2D eigenvalue weighted by Crippen LogP contribution is -2.23. The van der Waals surface area contributed by atoms with Crippen molar-refractivity contribution in [1.82, 2.24) is 19.9 Å². The predicted molar refractivity (Wildman–Crippen MR) is 89.2 cm³/mol. The van der Waals surface area contributed by atoms with Crippen LogP contribution in [0, 0.1) is 0 Å². The van der Waals surface area contributed by atoms with E-state index in [0.29, 0.717) is 18.1 Å². The number of hydrogen-bond acceptors (Lipinski definition) is 7. The van der Waals surface area contributed by atoms with Crippen LogP contribution in [-0.4, -0.2) is 30.2 Å². The Labute approximate surface area is 144 Å². The molecule has 1 N–H and O–H groups in total. The maximum Gasteiger partial charge on any atom is 0.266 e. The third-order valence-corrected chi connectivity index (χ3v) is 4.63. The van der Waals surface area contributed by atoms with E-state index in [-0.39, 0.29) is 23.2 Å². The van der Waals surface area contributed by atoms with Crippen molar-refractivity contribution in [1.29, 1.82) is 0 Å². The summed E-state index contributed by atoms with van der Waals surface area (Å²) in [5.74, 6) is 0.990. The lowest BCUT2D eigenvalue weighted by Gasteiger charge is -2.06. The van der Waals surface area contributed by atoms with Gasteiger partial charge >= 0.3 is 0 Å². The molecule has 0 unspecified atom stereocenters. The van der Waals surface area contributed by atoms with Crippen molar-refractivity contribution < 1.29 is 17.6 Å². The minimum atomic E-state index is -3.69. The van der Waals surface area contributed by atoms with Crippen LogP contribution in [0.4, 0.5) is 0 Å². The van der Waals surface area contributed by atoms with Gasteiger partial charge in [0.1, 0.15) is 11.4 Å². The first kappa shape index (κ1) is 17.1. The number of nitrogens with zero attached hydrogens (tertiary/aromatic N) is 3. The second-order valence-electron chi connectivity index (χ2n) is 4.94. The summed E-state index contributed by atoms with van der Waals surface area (Å²) < 4.78 is 37.7. The van der Waals surface area contributed by atoms with Crippen molar-refractivity contribution in [2.45, 2.75) is 18.4 Å². The number of nitrogens with one attached hydrogen (secondary N) is 1. The monoisotopic (exact) mass is 360 g/mol. The Morgan fingerprint density at radius 3 is 2.60 bits per heavy atom. The first-order valence-corrected chi connectivity index (χ1v) is 9.03. The maximum absolute atomic E-state index is 12.3. The molecule has 2 aromatic heterocycles. The summed E-state index contributed by atoms with van der Waals surface area (Å²) in [6, 6.07) is 11.4. The number of hydrogen-bond donors (Lipinski definition) is 1. The van der Waals surface area contributed by atoms with E-state index in [2.05, 4.69) is 19.9 Å². The first-order valence-electron chi connectivity index (χ1n) is 7.55. The summed E-state index contributed by atoms with van der Waals surface area (Å²) in [4.78, 5) is 4.22. The molecule has 2 heterocycles. The molecular formula is C16H16N4O4S. The van der Waals surface area contributed by atoms with Gasteiger partial charge in [0, 0.05) is 6.20 Å². The van der Waals surface area contributed by atoms with E-state index in [1.807, 2.05) is 6.92 Å². The maximum atomic E-state index is 12.3. The molecular weight excluding hydrogens is 344 g/mol. The van der Waals surface area contributed by atoms with Crippen molar-refractivity contribution >= 4 is 10.0 Å². The summed E-state index contributed by atoms with van der Waals surface area (Å²) in [6.45, 7) is 2.26. The Balaban J connectivity index is 1.67. The van der Waals surface area contributed by atoms with Crippen LogP contribution in [0.2, 0.25) is 0 Å². The van der Waals surface area contributed by atoms with Gasteiger partial charge in [0.2, 0.25) is 15.9 Å². The highest BCUT2D eigenvalue weighted by molar-refractivity contribution is 7.89. The van der Waals surface area contributed by atoms with Gasteiger partial charge in [-0.2, -0.15) is 0 Å². The Morgan fingerprint density at radius 2 is 1.92 bits per heavy atom. The Bertz CT molecular complexity index is 924. The number of ether oxygens (including phenoxy) is 1. The summed E-state index contributed by atoms with van der Waals surface area (Å²) in [6.07, 6.45) is 1.60. The average molecular weight is 360 g/mol. The standard InChI is InChI=1S/C16H16N4O4S/c1-2-23-12-6-8-13(9-7-12)25(21,22)18-11-15-19-20-16(24-15)14-5-3-4-10-17-14/h3-10,18H,2,11H2,1H3. The van der Waals surface area contributed by atoms with Gasteiger partial charge in [-0.3, -0.25) is 4.98 Å². The SMILES string of the molecule is CCOc1ccc(S(=O)(=O)NCc2nnc(-c3ccccn3)o2)cc1. The lowest BCUT2D eigenvalue weighted by molar-refractivity contribution is 0.340. The smallest absolute Gasteiger partial charge is 0.266 e. The Morgan fingerprint density at radius 1 is 1.12 bits per heavy atom. The van der Waals surface area contributed by atoms with Gasteiger partial charge in [0.25, 0.3) is 5.89 Å². The molecule has 3 aromatic rings. The highest BCUT2D eigenvalue weighted by Crippen LogP contribution is 2.17. The Hall–Kier alpha value is -2.78. The molecule has 0 saturated heterocycles. The molecule has 3 rings (SSSR count). The van der Waals surface area contributed by atoms with Gasteiger partial charge in [-0.15, -0.1) is 10.2 Å². The minimum absolute atomic E-state index is 0.116. The van der Waals surface area contributed by atoms with Crippen LogP contribution in [-0.2, 0) is 16.6 Å². The summed E-state index contributed by atoms with van der Waals surface area (Å²) in [7, 11) is -3.69. The molecule has 0 atom stereocenters. The number of pyridine rings is 1. The van der Waals surface area contributed by atoms with E-state index in [4.69, 9.17) is 9.15 Å². The van der Waals surface area contributed by atoms with Gasteiger partial charge in [0.05, 0.1) is 18.0 Å². The quantitative estimate of drug-likeness (QED) is 0.686. The summed E-state index contributed by atoms with van der Waals surface area (Å²) in [5.41, 5.74) is 0.524. The van der Waals surface area contributed by atoms with Crippen molar-refractivity contribution in [3.05, 3.63) is 54.6 Å². The normalized spacial score (nSPS) is 11.4. The van der Waals surface area contributed by atoms with E-state index >= 15 is 0 Å². The Kier molecular flexibility index (Phi) is 5.05. The second-order valence-corrected chi connectivity index (χ2v) is 6.71. The van der Waals surface area contributed by atoms with E-state index < -0.39 is 10.0 Å². The molecule has 8 nitrogen and oxygen atoms in total. The van der Waals surface area contributed by atoms with Crippen LogP contribution in [0.5, 0.6) is 5.75 Å². The molecule has 9 heteroatoms. The number of aromatic nitrogens is 3. The molecule has 0 aliphatic heterocycles. The molecule has 0 aliphatic rings. The highest BCUT2D eigenvalue weighted by atomic mass is 32.2. The molecule has 0 fully saturated rings. The van der Waals surface area contributed by atoms with Crippen molar-refractivity contribution in [3.8, 4) is 17.3 Å². The third-order valence-electron chi connectivity index (χ3n) is 3.21. The van der Waals surface area contributed by atoms with E-state index in [1.54, 1.807) is 36.5 Å². The molecule has 0 aliphatic carbocycles. The fourth-order valence-electron chi connectivity index (χ4n) is 2.04. The fourth-order valence-corrected chi connectivity index (χ4v) is 3.01. The zero-order valence-corrected chi connectivity index (χ0v) is 14.2. The number of benzene rings is 1. The minimum Gasteiger partial charge on any atom is -0.494 e. The topological polar surface area (TPSA) is 107 Å². The van der Waals surface area contributed by atoms with Crippen molar-refractivity contribution in [2.24, 2.45) is 0 Å². The van der Waals surface area contributed by atoms with E-state index in [1.165, 1.54) is 12.1 Å². The molecule has 130 valence electrons. The van der Waals surface area contributed by atoms with Crippen LogP contribution in [0.15, 0.2) is 58.0 Å².